The molecule has 4 rings (SSSR count). The van der Waals surface area contributed by atoms with E-state index >= 15 is 0 Å². The van der Waals surface area contributed by atoms with Crippen molar-refractivity contribution in [2.45, 2.75) is 26.4 Å². The van der Waals surface area contributed by atoms with Crippen molar-refractivity contribution in [3.8, 4) is 0 Å². The van der Waals surface area contributed by atoms with E-state index < -0.39 is 0 Å². The molecule has 0 fully saturated rings. The van der Waals surface area contributed by atoms with E-state index in [-0.39, 0.29) is 0 Å². The Morgan fingerprint density at radius 1 is 1.33 bits per heavy atom. The standard InChI is InChI=1S/C15H18N4S2/c1-2-16-9-12-14(17-15-19(12)6-8-21-15)18-5-3-13-11(10-18)4-7-20-13/h4,6-8,16H,2-3,5,9-10H2,1H3. The fourth-order valence-corrected chi connectivity index (χ4v) is 4.53. The minimum Gasteiger partial charge on any atom is -0.350 e. The molecule has 0 bridgehead atoms. The smallest absolute Gasteiger partial charge is 0.195 e. The topological polar surface area (TPSA) is 32.6 Å². The third-order valence-corrected chi connectivity index (χ3v) is 5.77. The maximum Gasteiger partial charge on any atom is 0.195 e. The zero-order valence-corrected chi connectivity index (χ0v) is 13.6. The molecule has 0 saturated carbocycles. The molecular weight excluding hydrogens is 300 g/mol. The molecule has 0 saturated heterocycles. The first-order chi connectivity index (χ1) is 10.4. The number of thiophene rings is 1. The van der Waals surface area contributed by atoms with Gasteiger partial charge < -0.3 is 10.2 Å². The maximum absolute atomic E-state index is 4.88. The minimum atomic E-state index is 0.872. The van der Waals surface area contributed by atoms with Crippen molar-refractivity contribution in [2.75, 3.05) is 18.0 Å². The second kappa shape index (κ2) is 5.44. The average Bonchev–Trinajstić information content (AvgIpc) is 3.19. The number of hydrogen-bond acceptors (Lipinski definition) is 5. The Labute approximate surface area is 132 Å². The highest BCUT2D eigenvalue weighted by Crippen LogP contribution is 2.31. The van der Waals surface area contributed by atoms with Crippen molar-refractivity contribution >= 4 is 33.5 Å². The summed E-state index contributed by atoms with van der Waals surface area (Å²) in [5.41, 5.74) is 2.75. The van der Waals surface area contributed by atoms with E-state index in [1.807, 2.05) is 11.3 Å². The fraction of sp³-hybridized carbons (Fsp3) is 0.400. The Morgan fingerprint density at radius 2 is 2.29 bits per heavy atom. The van der Waals surface area contributed by atoms with E-state index in [0.29, 0.717) is 0 Å². The van der Waals surface area contributed by atoms with Crippen LogP contribution in [0, 0.1) is 0 Å². The number of fused-ring (bicyclic) bond motifs is 2. The Balaban J connectivity index is 1.71. The number of anilines is 1. The number of nitrogens with zero attached hydrogens (tertiary/aromatic N) is 3. The lowest BCUT2D eigenvalue weighted by atomic mass is 10.1. The van der Waals surface area contributed by atoms with Crippen LogP contribution in [0.1, 0.15) is 23.1 Å². The van der Waals surface area contributed by atoms with Crippen molar-refractivity contribution in [1.82, 2.24) is 14.7 Å². The lowest BCUT2D eigenvalue weighted by Gasteiger charge is -2.28. The van der Waals surface area contributed by atoms with E-state index in [1.54, 1.807) is 16.2 Å². The molecule has 0 unspecified atom stereocenters. The molecule has 1 N–H and O–H groups in total. The number of rotatable bonds is 4. The van der Waals surface area contributed by atoms with Gasteiger partial charge in [-0.25, -0.2) is 4.98 Å². The van der Waals surface area contributed by atoms with Gasteiger partial charge in [0.2, 0.25) is 0 Å². The highest BCUT2D eigenvalue weighted by molar-refractivity contribution is 7.15. The first-order valence-electron chi connectivity index (χ1n) is 7.32. The normalized spacial score (nSPS) is 14.8. The van der Waals surface area contributed by atoms with E-state index in [1.165, 1.54) is 11.3 Å². The summed E-state index contributed by atoms with van der Waals surface area (Å²) in [6, 6.07) is 2.26. The van der Waals surface area contributed by atoms with Crippen molar-refractivity contribution in [3.05, 3.63) is 39.2 Å². The van der Waals surface area contributed by atoms with Gasteiger partial charge in [0.05, 0.1) is 5.69 Å². The van der Waals surface area contributed by atoms with Gasteiger partial charge >= 0.3 is 0 Å². The number of hydrogen-bond donors (Lipinski definition) is 1. The Kier molecular flexibility index (Phi) is 3.45. The predicted octanol–water partition coefficient (Wildman–Crippen LogP) is 3.13. The lowest BCUT2D eigenvalue weighted by Crippen LogP contribution is -2.31. The summed E-state index contributed by atoms with van der Waals surface area (Å²) in [6.07, 6.45) is 3.27. The molecule has 1 aliphatic heterocycles. The summed E-state index contributed by atoms with van der Waals surface area (Å²) in [5, 5.41) is 7.76. The molecule has 1 aliphatic rings. The molecule has 4 heterocycles. The summed E-state index contributed by atoms with van der Waals surface area (Å²) in [6.45, 7) is 6.05. The molecular formula is C15H18N4S2. The summed E-state index contributed by atoms with van der Waals surface area (Å²) in [7, 11) is 0. The van der Waals surface area contributed by atoms with Gasteiger partial charge in [0.1, 0.15) is 0 Å². The van der Waals surface area contributed by atoms with Gasteiger partial charge in [-0.2, -0.15) is 0 Å². The van der Waals surface area contributed by atoms with Crippen LogP contribution in [-0.4, -0.2) is 22.5 Å². The Morgan fingerprint density at radius 3 is 3.19 bits per heavy atom. The largest absolute Gasteiger partial charge is 0.350 e. The van der Waals surface area contributed by atoms with Crippen LogP contribution in [0.4, 0.5) is 5.82 Å². The van der Waals surface area contributed by atoms with Gasteiger partial charge in [0.25, 0.3) is 0 Å². The van der Waals surface area contributed by atoms with Crippen LogP contribution >= 0.6 is 22.7 Å². The van der Waals surface area contributed by atoms with Crippen LogP contribution < -0.4 is 10.2 Å². The first kappa shape index (κ1) is 13.3. The number of nitrogens with one attached hydrogen (secondary N) is 1. The van der Waals surface area contributed by atoms with Gasteiger partial charge in [-0.05, 0) is 30.0 Å². The molecule has 4 nitrogen and oxygen atoms in total. The molecule has 6 heteroatoms. The van der Waals surface area contributed by atoms with Crippen LogP contribution in [-0.2, 0) is 19.5 Å². The van der Waals surface area contributed by atoms with Crippen molar-refractivity contribution in [2.24, 2.45) is 0 Å². The molecule has 21 heavy (non-hydrogen) atoms. The SMILES string of the molecule is CCNCc1c(N2CCc3sccc3C2)nc2sccn12. The predicted molar refractivity (Wildman–Crippen MR) is 89.5 cm³/mol. The number of imidazole rings is 1. The summed E-state index contributed by atoms with van der Waals surface area (Å²) in [4.78, 5) is 9.94. The molecule has 0 spiro atoms. The van der Waals surface area contributed by atoms with Gasteiger partial charge in [-0.3, -0.25) is 4.40 Å². The van der Waals surface area contributed by atoms with Gasteiger partial charge in [0, 0.05) is 36.1 Å². The van der Waals surface area contributed by atoms with Crippen molar-refractivity contribution in [1.29, 1.82) is 0 Å². The average molecular weight is 318 g/mol. The lowest BCUT2D eigenvalue weighted by molar-refractivity contribution is 0.686. The molecule has 0 atom stereocenters. The van der Waals surface area contributed by atoms with E-state index in [2.05, 4.69) is 44.6 Å². The highest BCUT2D eigenvalue weighted by Gasteiger charge is 2.23. The first-order valence-corrected chi connectivity index (χ1v) is 9.08. The third-order valence-electron chi connectivity index (χ3n) is 3.99. The van der Waals surface area contributed by atoms with Crippen LogP contribution in [0.25, 0.3) is 4.96 Å². The molecule has 110 valence electrons. The number of aromatic nitrogens is 2. The highest BCUT2D eigenvalue weighted by atomic mass is 32.1. The Bertz CT molecular complexity index is 755. The quantitative estimate of drug-likeness (QED) is 0.802. The van der Waals surface area contributed by atoms with Crippen LogP contribution in [0.15, 0.2) is 23.0 Å². The molecule has 3 aromatic rings. The van der Waals surface area contributed by atoms with E-state index in [4.69, 9.17) is 4.98 Å². The van der Waals surface area contributed by atoms with Crippen molar-refractivity contribution in [3.63, 3.8) is 0 Å². The maximum atomic E-state index is 4.88. The number of thiazole rings is 1. The summed E-state index contributed by atoms with van der Waals surface area (Å²) < 4.78 is 2.23. The zero-order valence-electron chi connectivity index (χ0n) is 12.0. The van der Waals surface area contributed by atoms with Gasteiger partial charge in [-0.1, -0.05) is 6.92 Å². The van der Waals surface area contributed by atoms with Gasteiger partial charge in [0.15, 0.2) is 10.8 Å². The second-order valence-electron chi connectivity index (χ2n) is 5.26. The van der Waals surface area contributed by atoms with Crippen molar-refractivity contribution < 1.29 is 0 Å². The second-order valence-corrected chi connectivity index (χ2v) is 7.13. The van der Waals surface area contributed by atoms with E-state index in [9.17, 15) is 0 Å². The monoisotopic (exact) mass is 318 g/mol. The minimum absolute atomic E-state index is 0.872. The fourth-order valence-electron chi connectivity index (χ4n) is 2.91. The molecule has 0 aromatic carbocycles. The zero-order chi connectivity index (χ0) is 14.2. The van der Waals surface area contributed by atoms with Crippen LogP contribution in [0.5, 0.6) is 0 Å². The van der Waals surface area contributed by atoms with Crippen LogP contribution in [0.3, 0.4) is 0 Å². The Hall–Kier alpha value is -1.37. The molecule has 0 amide bonds. The summed E-state index contributed by atoms with van der Waals surface area (Å²) >= 11 is 3.59. The van der Waals surface area contributed by atoms with Crippen LogP contribution in [0.2, 0.25) is 0 Å². The van der Waals surface area contributed by atoms with E-state index in [0.717, 1.165) is 43.4 Å². The molecule has 0 aliphatic carbocycles. The van der Waals surface area contributed by atoms with Gasteiger partial charge in [-0.15, -0.1) is 22.7 Å². The summed E-state index contributed by atoms with van der Waals surface area (Å²) in [5.74, 6) is 1.15. The molecule has 3 aromatic heterocycles. The molecule has 0 radical (unpaired) electrons. The third kappa shape index (κ3) is 2.27.